The van der Waals surface area contributed by atoms with Gasteiger partial charge < -0.3 is 15.5 Å². The Bertz CT molecular complexity index is 250. The first-order valence-electron chi connectivity index (χ1n) is 8.02. The second-order valence-corrected chi connectivity index (χ2v) is 6.37. The average Bonchev–Trinajstić information content (AvgIpc) is 2.74. The Morgan fingerprint density at radius 1 is 1.05 bits per heavy atom. The molecule has 1 heterocycles. The monoisotopic (exact) mass is 300 g/mol. The molecule has 0 aromatic heterocycles. The van der Waals surface area contributed by atoms with Crippen molar-refractivity contribution >= 4 is 17.7 Å². The molecule has 0 bridgehead atoms. The van der Waals surface area contributed by atoms with Gasteiger partial charge in [0.05, 0.1) is 0 Å². The lowest BCUT2D eigenvalue weighted by Gasteiger charge is -2.20. The number of aliphatic imine (C=N–C) groups is 1. The van der Waals surface area contributed by atoms with Gasteiger partial charge in [0.25, 0.3) is 0 Å². The van der Waals surface area contributed by atoms with Crippen LogP contribution in [-0.2, 0) is 0 Å². The van der Waals surface area contributed by atoms with Gasteiger partial charge in [-0.2, -0.15) is 11.8 Å². The van der Waals surface area contributed by atoms with Crippen LogP contribution in [0.2, 0.25) is 0 Å². The minimum atomic E-state index is 0.948. The largest absolute Gasteiger partial charge is 0.356 e. The molecule has 1 aliphatic rings. The van der Waals surface area contributed by atoms with E-state index in [1.165, 1.54) is 57.4 Å². The van der Waals surface area contributed by atoms with Crippen molar-refractivity contribution < 1.29 is 0 Å². The lowest BCUT2D eigenvalue weighted by molar-refractivity contribution is 0.289. The molecule has 20 heavy (non-hydrogen) atoms. The summed E-state index contributed by atoms with van der Waals surface area (Å²) >= 11 is 1.92. The maximum Gasteiger partial charge on any atom is 0.191 e. The van der Waals surface area contributed by atoms with Gasteiger partial charge in [0, 0.05) is 26.7 Å². The standard InChI is InChI=1S/C15H32N4S/c1-16-15(17-9-5-8-14-20-2)18-10-13-19-11-6-3-4-7-12-19/h3-14H2,1-2H3,(H2,16,17,18). The average molecular weight is 301 g/mol. The minimum absolute atomic E-state index is 0.948. The highest BCUT2D eigenvalue weighted by molar-refractivity contribution is 7.98. The summed E-state index contributed by atoms with van der Waals surface area (Å²) in [5.74, 6) is 2.20. The van der Waals surface area contributed by atoms with Gasteiger partial charge in [-0.1, -0.05) is 12.8 Å². The summed E-state index contributed by atoms with van der Waals surface area (Å²) in [5.41, 5.74) is 0. The molecule has 0 saturated carbocycles. The van der Waals surface area contributed by atoms with Crippen LogP contribution >= 0.6 is 11.8 Å². The third kappa shape index (κ3) is 8.69. The SMILES string of the molecule is CN=C(NCCCCSC)NCCN1CCCCCC1. The van der Waals surface area contributed by atoms with E-state index >= 15 is 0 Å². The van der Waals surface area contributed by atoms with Gasteiger partial charge in [0.2, 0.25) is 0 Å². The molecule has 0 spiro atoms. The van der Waals surface area contributed by atoms with Crippen molar-refractivity contribution in [1.82, 2.24) is 15.5 Å². The van der Waals surface area contributed by atoms with Gasteiger partial charge in [-0.3, -0.25) is 4.99 Å². The molecular weight excluding hydrogens is 268 g/mol. The van der Waals surface area contributed by atoms with E-state index in [4.69, 9.17) is 0 Å². The maximum absolute atomic E-state index is 4.28. The second-order valence-electron chi connectivity index (χ2n) is 5.38. The number of rotatable bonds is 8. The third-order valence-corrected chi connectivity index (χ3v) is 4.41. The van der Waals surface area contributed by atoms with Crippen molar-refractivity contribution in [3.8, 4) is 0 Å². The number of nitrogens with one attached hydrogen (secondary N) is 2. The highest BCUT2D eigenvalue weighted by Crippen LogP contribution is 2.08. The van der Waals surface area contributed by atoms with E-state index in [-0.39, 0.29) is 0 Å². The van der Waals surface area contributed by atoms with Crippen molar-refractivity contribution in [2.24, 2.45) is 4.99 Å². The number of thioether (sulfide) groups is 1. The Labute approximate surface area is 129 Å². The van der Waals surface area contributed by atoms with E-state index in [0.29, 0.717) is 0 Å². The molecule has 5 heteroatoms. The summed E-state index contributed by atoms with van der Waals surface area (Å²) in [6.07, 6.45) is 10.2. The zero-order chi connectivity index (χ0) is 14.5. The van der Waals surface area contributed by atoms with Crippen molar-refractivity contribution in [2.45, 2.75) is 38.5 Å². The molecule has 0 amide bonds. The van der Waals surface area contributed by atoms with Crippen LogP contribution in [0, 0.1) is 0 Å². The molecule has 2 N–H and O–H groups in total. The zero-order valence-electron chi connectivity index (χ0n) is 13.3. The number of hydrogen-bond donors (Lipinski definition) is 2. The molecular formula is C15H32N4S. The van der Waals surface area contributed by atoms with Gasteiger partial charge in [-0.15, -0.1) is 0 Å². The fraction of sp³-hybridized carbons (Fsp3) is 0.933. The number of guanidine groups is 1. The van der Waals surface area contributed by atoms with Gasteiger partial charge in [-0.25, -0.2) is 0 Å². The Balaban J connectivity index is 2.05. The zero-order valence-corrected chi connectivity index (χ0v) is 14.1. The third-order valence-electron chi connectivity index (χ3n) is 3.71. The van der Waals surface area contributed by atoms with Gasteiger partial charge in [0.1, 0.15) is 0 Å². The lowest BCUT2D eigenvalue weighted by Crippen LogP contribution is -2.42. The summed E-state index contributed by atoms with van der Waals surface area (Å²) in [5, 5.41) is 6.81. The molecule has 1 rings (SSSR count). The summed E-state index contributed by atoms with van der Waals surface area (Å²) in [6.45, 7) is 5.67. The van der Waals surface area contributed by atoms with Gasteiger partial charge in [-0.05, 0) is 50.8 Å². The van der Waals surface area contributed by atoms with E-state index in [0.717, 1.165) is 25.6 Å². The second kappa shape index (κ2) is 12.3. The van der Waals surface area contributed by atoms with Gasteiger partial charge in [0.15, 0.2) is 5.96 Å². The van der Waals surface area contributed by atoms with Crippen LogP contribution in [0.25, 0.3) is 0 Å². The molecule has 0 aromatic rings. The Morgan fingerprint density at radius 3 is 2.40 bits per heavy atom. The quantitative estimate of drug-likeness (QED) is 0.409. The summed E-state index contributed by atoms with van der Waals surface area (Å²) in [7, 11) is 1.85. The van der Waals surface area contributed by atoms with Crippen LogP contribution in [0.3, 0.4) is 0 Å². The van der Waals surface area contributed by atoms with Crippen molar-refractivity contribution in [3.05, 3.63) is 0 Å². The first-order valence-corrected chi connectivity index (χ1v) is 9.42. The number of nitrogens with zero attached hydrogens (tertiary/aromatic N) is 2. The number of hydrogen-bond acceptors (Lipinski definition) is 3. The molecule has 4 nitrogen and oxygen atoms in total. The predicted octanol–water partition coefficient (Wildman–Crippen LogP) is 2.17. The Hall–Kier alpha value is -0.420. The smallest absolute Gasteiger partial charge is 0.191 e. The van der Waals surface area contributed by atoms with Crippen molar-refractivity contribution in [2.75, 3.05) is 51.8 Å². The molecule has 1 saturated heterocycles. The van der Waals surface area contributed by atoms with Crippen LogP contribution < -0.4 is 10.6 Å². The maximum atomic E-state index is 4.28. The van der Waals surface area contributed by atoms with E-state index in [2.05, 4.69) is 26.8 Å². The Kier molecular flexibility index (Phi) is 10.9. The van der Waals surface area contributed by atoms with E-state index < -0.39 is 0 Å². The molecule has 118 valence electrons. The molecule has 0 aromatic carbocycles. The topological polar surface area (TPSA) is 39.7 Å². The number of unbranched alkanes of at least 4 members (excludes halogenated alkanes) is 1. The fourth-order valence-electron chi connectivity index (χ4n) is 2.49. The number of likely N-dealkylation sites (tertiary alicyclic amines) is 1. The highest BCUT2D eigenvalue weighted by atomic mass is 32.2. The highest BCUT2D eigenvalue weighted by Gasteiger charge is 2.08. The first kappa shape index (κ1) is 17.6. The van der Waals surface area contributed by atoms with E-state index in [1.807, 2.05) is 18.8 Å². The molecule has 0 aliphatic carbocycles. The lowest BCUT2D eigenvalue weighted by atomic mass is 10.2. The molecule has 0 unspecified atom stereocenters. The molecule has 0 radical (unpaired) electrons. The summed E-state index contributed by atoms with van der Waals surface area (Å²) < 4.78 is 0. The van der Waals surface area contributed by atoms with Crippen LogP contribution in [0.4, 0.5) is 0 Å². The van der Waals surface area contributed by atoms with Crippen molar-refractivity contribution in [1.29, 1.82) is 0 Å². The molecule has 0 atom stereocenters. The minimum Gasteiger partial charge on any atom is -0.356 e. The van der Waals surface area contributed by atoms with Crippen LogP contribution in [0.1, 0.15) is 38.5 Å². The van der Waals surface area contributed by atoms with E-state index in [1.54, 1.807) is 0 Å². The first-order chi connectivity index (χ1) is 9.86. The summed E-state index contributed by atoms with van der Waals surface area (Å²) in [4.78, 5) is 6.85. The van der Waals surface area contributed by atoms with Gasteiger partial charge >= 0.3 is 0 Å². The van der Waals surface area contributed by atoms with E-state index in [9.17, 15) is 0 Å². The molecule has 1 aliphatic heterocycles. The Morgan fingerprint density at radius 2 is 1.75 bits per heavy atom. The van der Waals surface area contributed by atoms with Crippen molar-refractivity contribution in [3.63, 3.8) is 0 Å². The normalized spacial score (nSPS) is 17.8. The summed E-state index contributed by atoms with van der Waals surface area (Å²) in [6, 6.07) is 0. The predicted molar refractivity (Wildman–Crippen MR) is 91.9 cm³/mol. The van der Waals surface area contributed by atoms with Crippen LogP contribution in [-0.4, -0.2) is 62.6 Å². The fourth-order valence-corrected chi connectivity index (χ4v) is 2.98. The van der Waals surface area contributed by atoms with Crippen LogP contribution in [0.5, 0.6) is 0 Å². The molecule has 1 fully saturated rings. The van der Waals surface area contributed by atoms with Crippen LogP contribution in [0.15, 0.2) is 4.99 Å².